The fourth-order valence-corrected chi connectivity index (χ4v) is 2.54. The quantitative estimate of drug-likeness (QED) is 0.565. The van der Waals surface area contributed by atoms with Gasteiger partial charge in [-0.15, -0.1) is 0 Å². The molecule has 0 fully saturated rings. The molecule has 7 heteroatoms. The molecule has 20 heavy (non-hydrogen) atoms. The van der Waals surface area contributed by atoms with E-state index >= 15 is 0 Å². The molecule has 0 saturated heterocycles. The number of carbonyl (C=O) groups is 1. The molecule has 6 nitrogen and oxygen atoms in total. The molecule has 112 valence electrons. The summed E-state index contributed by atoms with van der Waals surface area (Å²) >= 11 is 0. The molecule has 0 aliphatic rings. The Balaban J connectivity index is 2.68. The first-order valence-electron chi connectivity index (χ1n) is 6.22. The minimum atomic E-state index is -3.53. The number of carbonyl (C=O) groups excluding carboxylic acids is 1. The number of benzene rings is 1. The molecule has 0 radical (unpaired) electrons. The van der Waals surface area contributed by atoms with Crippen LogP contribution >= 0.6 is 0 Å². The number of nitrogens with one attached hydrogen (secondary N) is 1. The predicted octanol–water partition coefficient (Wildman–Crippen LogP) is 0.717. The molecular weight excluding hydrogens is 282 g/mol. The fourth-order valence-electron chi connectivity index (χ4n) is 1.53. The molecule has 0 saturated carbocycles. The van der Waals surface area contributed by atoms with Crippen molar-refractivity contribution in [1.82, 2.24) is 4.72 Å². The van der Waals surface area contributed by atoms with E-state index in [1.165, 1.54) is 19.2 Å². The minimum Gasteiger partial charge on any atom is -0.466 e. The van der Waals surface area contributed by atoms with E-state index in [0.29, 0.717) is 18.8 Å². The summed E-state index contributed by atoms with van der Waals surface area (Å²) in [4.78, 5) is 11.5. The van der Waals surface area contributed by atoms with Crippen molar-refractivity contribution in [3.05, 3.63) is 29.8 Å². The van der Waals surface area contributed by atoms with E-state index in [1.54, 1.807) is 19.1 Å². The lowest BCUT2D eigenvalue weighted by atomic mass is 10.1. The van der Waals surface area contributed by atoms with Crippen molar-refractivity contribution in [3.8, 4) is 0 Å². The van der Waals surface area contributed by atoms with Gasteiger partial charge in [-0.3, -0.25) is 4.79 Å². The van der Waals surface area contributed by atoms with E-state index in [1.807, 2.05) is 0 Å². The maximum atomic E-state index is 11.9. The van der Waals surface area contributed by atoms with Crippen molar-refractivity contribution >= 4 is 16.0 Å². The summed E-state index contributed by atoms with van der Waals surface area (Å²) in [5.41, 5.74) is 0.708. The molecule has 1 aromatic carbocycles. The van der Waals surface area contributed by atoms with Crippen LogP contribution in [0.3, 0.4) is 0 Å². The Labute approximate surface area is 119 Å². The van der Waals surface area contributed by atoms with Gasteiger partial charge in [0.05, 0.1) is 24.5 Å². The van der Waals surface area contributed by atoms with Crippen LogP contribution in [-0.4, -0.2) is 41.3 Å². The van der Waals surface area contributed by atoms with Crippen LogP contribution in [0, 0.1) is 0 Å². The van der Waals surface area contributed by atoms with Crippen LogP contribution in [-0.2, 0) is 30.7 Å². The third kappa shape index (κ3) is 5.28. The molecule has 0 bridgehead atoms. The Bertz CT molecular complexity index is 524. The normalized spacial score (nSPS) is 11.3. The number of ether oxygens (including phenoxy) is 2. The smallest absolute Gasteiger partial charge is 0.310 e. The maximum Gasteiger partial charge on any atom is 0.310 e. The minimum absolute atomic E-state index is 0.130. The van der Waals surface area contributed by atoms with E-state index in [-0.39, 0.29) is 23.8 Å². The van der Waals surface area contributed by atoms with Gasteiger partial charge in [0.2, 0.25) is 10.0 Å². The van der Waals surface area contributed by atoms with E-state index < -0.39 is 10.0 Å². The molecule has 1 N–H and O–H groups in total. The largest absolute Gasteiger partial charge is 0.466 e. The molecule has 0 aromatic heterocycles. The first-order valence-corrected chi connectivity index (χ1v) is 7.71. The van der Waals surface area contributed by atoms with Crippen molar-refractivity contribution in [1.29, 1.82) is 0 Å². The second kappa shape index (κ2) is 7.98. The first-order chi connectivity index (χ1) is 9.49. The molecule has 0 heterocycles. The van der Waals surface area contributed by atoms with Gasteiger partial charge in [0, 0.05) is 13.7 Å². The van der Waals surface area contributed by atoms with Crippen molar-refractivity contribution in [3.63, 3.8) is 0 Å². The highest BCUT2D eigenvalue weighted by Crippen LogP contribution is 2.11. The van der Waals surface area contributed by atoms with Gasteiger partial charge in [-0.1, -0.05) is 12.1 Å². The van der Waals surface area contributed by atoms with E-state index in [4.69, 9.17) is 9.47 Å². The molecule has 1 aromatic rings. The van der Waals surface area contributed by atoms with E-state index in [9.17, 15) is 13.2 Å². The second-order valence-electron chi connectivity index (χ2n) is 4.02. The average molecular weight is 301 g/mol. The van der Waals surface area contributed by atoms with Gasteiger partial charge in [-0.25, -0.2) is 13.1 Å². The van der Waals surface area contributed by atoms with Crippen LogP contribution in [0.2, 0.25) is 0 Å². The maximum absolute atomic E-state index is 11.9. The lowest BCUT2D eigenvalue weighted by Crippen LogP contribution is -2.27. The van der Waals surface area contributed by atoms with Crippen LogP contribution in [0.15, 0.2) is 29.2 Å². The molecule has 1 rings (SSSR count). The van der Waals surface area contributed by atoms with Gasteiger partial charge >= 0.3 is 5.97 Å². The van der Waals surface area contributed by atoms with Gasteiger partial charge in [-0.05, 0) is 24.6 Å². The van der Waals surface area contributed by atoms with Gasteiger partial charge in [-0.2, -0.15) is 0 Å². The number of hydrogen-bond acceptors (Lipinski definition) is 5. The number of hydrogen-bond donors (Lipinski definition) is 1. The Morgan fingerprint density at radius 2 is 1.90 bits per heavy atom. The predicted molar refractivity (Wildman–Crippen MR) is 73.8 cm³/mol. The van der Waals surface area contributed by atoms with Crippen molar-refractivity contribution < 1.29 is 22.7 Å². The Hall–Kier alpha value is -1.44. The third-order valence-corrected chi connectivity index (χ3v) is 3.96. The molecule has 0 amide bonds. The highest BCUT2D eigenvalue weighted by atomic mass is 32.2. The van der Waals surface area contributed by atoms with Crippen LogP contribution in [0.25, 0.3) is 0 Å². The van der Waals surface area contributed by atoms with Crippen LogP contribution in [0.4, 0.5) is 0 Å². The molecular formula is C13H19NO5S. The highest BCUT2D eigenvalue weighted by Gasteiger charge is 2.13. The van der Waals surface area contributed by atoms with Crippen LogP contribution in [0.5, 0.6) is 0 Å². The average Bonchev–Trinajstić information content (AvgIpc) is 2.39. The van der Waals surface area contributed by atoms with E-state index in [2.05, 4.69) is 4.72 Å². The zero-order valence-electron chi connectivity index (χ0n) is 11.6. The standard InChI is InChI=1S/C13H19NO5S/c1-3-19-13(15)10-11-4-6-12(7-5-11)20(16,17)14-8-9-18-2/h4-7,14H,3,8-10H2,1-2H3. The Morgan fingerprint density at radius 1 is 1.25 bits per heavy atom. The summed E-state index contributed by atoms with van der Waals surface area (Å²) in [7, 11) is -2.04. The summed E-state index contributed by atoms with van der Waals surface area (Å²) in [6.07, 6.45) is 0.130. The van der Waals surface area contributed by atoms with Gasteiger partial charge in [0.15, 0.2) is 0 Å². The second-order valence-corrected chi connectivity index (χ2v) is 5.78. The number of esters is 1. The van der Waals surface area contributed by atoms with Gasteiger partial charge < -0.3 is 9.47 Å². The number of rotatable bonds is 8. The lowest BCUT2D eigenvalue weighted by molar-refractivity contribution is -0.142. The van der Waals surface area contributed by atoms with Crippen LogP contribution < -0.4 is 4.72 Å². The molecule has 0 unspecified atom stereocenters. The topological polar surface area (TPSA) is 81.7 Å². The zero-order chi connectivity index (χ0) is 15.0. The number of methoxy groups -OCH3 is 1. The zero-order valence-corrected chi connectivity index (χ0v) is 12.4. The summed E-state index contributed by atoms with van der Waals surface area (Å²) in [5, 5.41) is 0. The van der Waals surface area contributed by atoms with Crippen molar-refractivity contribution in [2.24, 2.45) is 0 Å². The molecule has 0 aliphatic heterocycles. The summed E-state index contributed by atoms with van der Waals surface area (Å²) in [6.45, 7) is 2.58. The van der Waals surface area contributed by atoms with Gasteiger partial charge in [0.1, 0.15) is 0 Å². The van der Waals surface area contributed by atoms with Crippen LogP contribution in [0.1, 0.15) is 12.5 Å². The third-order valence-electron chi connectivity index (χ3n) is 2.49. The van der Waals surface area contributed by atoms with Crippen molar-refractivity contribution in [2.45, 2.75) is 18.2 Å². The van der Waals surface area contributed by atoms with E-state index in [0.717, 1.165) is 0 Å². The number of sulfonamides is 1. The Kier molecular flexibility index (Phi) is 6.63. The summed E-state index contributed by atoms with van der Waals surface area (Å²) in [6, 6.07) is 6.12. The summed E-state index contributed by atoms with van der Waals surface area (Å²) < 4.78 is 35.8. The lowest BCUT2D eigenvalue weighted by Gasteiger charge is -2.07. The van der Waals surface area contributed by atoms with Gasteiger partial charge in [0.25, 0.3) is 0 Å². The first kappa shape index (κ1) is 16.6. The summed E-state index contributed by atoms with van der Waals surface area (Å²) in [5.74, 6) is -0.332. The molecule has 0 spiro atoms. The monoisotopic (exact) mass is 301 g/mol. The molecule has 0 atom stereocenters. The highest BCUT2D eigenvalue weighted by molar-refractivity contribution is 7.89. The Morgan fingerprint density at radius 3 is 2.45 bits per heavy atom. The fraction of sp³-hybridized carbons (Fsp3) is 0.462. The van der Waals surface area contributed by atoms with Crippen molar-refractivity contribution in [2.75, 3.05) is 26.9 Å². The SMILES string of the molecule is CCOC(=O)Cc1ccc(S(=O)(=O)NCCOC)cc1. The molecule has 0 aliphatic carbocycles.